The van der Waals surface area contributed by atoms with E-state index in [1.54, 1.807) is 12.1 Å². The van der Waals surface area contributed by atoms with Crippen molar-refractivity contribution in [2.75, 3.05) is 11.9 Å². The van der Waals surface area contributed by atoms with Gasteiger partial charge in [0.2, 0.25) is 5.88 Å². The summed E-state index contributed by atoms with van der Waals surface area (Å²) in [5.41, 5.74) is 1.84. The van der Waals surface area contributed by atoms with Gasteiger partial charge in [-0.05, 0) is 25.1 Å². The van der Waals surface area contributed by atoms with Gasteiger partial charge >= 0.3 is 0 Å². The van der Waals surface area contributed by atoms with Crippen LogP contribution in [0.5, 0.6) is 5.88 Å². The van der Waals surface area contributed by atoms with Gasteiger partial charge in [-0.2, -0.15) is 5.10 Å². The molecule has 7 heteroatoms. The van der Waals surface area contributed by atoms with Crippen molar-refractivity contribution in [3.05, 3.63) is 54.0 Å². The van der Waals surface area contributed by atoms with E-state index in [9.17, 15) is 4.79 Å². The Morgan fingerprint density at radius 2 is 2.04 bits per heavy atom. The Balaban J connectivity index is 1.82. The summed E-state index contributed by atoms with van der Waals surface area (Å²) >= 11 is 0. The quantitative estimate of drug-likeness (QED) is 0.707. The van der Waals surface area contributed by atoms with Crippen LogP contribution in [-0.4, -0.2) is 32.7 Å². The van der Waals surface area contributed by atoms with Crippen molar-refractivity contribution >= 4 is 11.6 Å². The van der Waals surface area contributed by atoms with Crippen LogP contribution in [0.15, 0.2) is 42.6 Å². The molecule has 1 aromatic carbocycles. The summed E-state index contributed by atoms with van der Waals surface area (Å²) < 4.78 is 5.29. The first-order chi connectivity index (χ1) is 12.6. The second-order valence-electron chi connectivity index (χ2n) is 6.02. The van der Waals surface area contributed by atoms with Gasteiger partial charge in [0.15, 0.2) is 5.82 Å². The number of nitrogens with one attached hydrogen (secondary N) is 2. The molecule has 7 nitrogen and oxygen atoms in total. The Bertz CT molecular complexity index is 887. The van der Waals surface area contributed by atoms with E-state index >= 15 is 0 Å². The predicted molar refractivity (Wildman–Crippen MR) is 99.3 cm³/mol. The van der Waals surface area contributed by atoms with Crippen molar-refractivity contribution in [1.29, 1.82) is 0 Å². The van der Waals surface area contributed by atoms with Crippen LogP contribution in [0.3, 0.4) is 0 Å². The fourth-order valence-corrected chi connectivity index (χ4v) is 2.38. The zero-order valence-electron chi connectivity index (χ0n) is 15.0. The van der Waals surface area contributed by atoms with Gasteiger partial charge < -0.3 is 10.1 Å². The number of amides is 1. The van der Waals surface area contributed by atoms with Crippen molar-refractivity contribution in [1.82, 2.24) is 20.2 Å². The summed E-state index contributed by atoms with van der Waals surface area (Å²) in [6.07, 6.45) is 1.49. The Kier molecular flexibility index (Phi) is 5.26. The molecule has 0 bridgehead atoms. The number of rotatable bonds is 6. The smallest absolute Gasteiger partial charge is 0.257 e. The lowest BCUT2D eigenvalue weighted by molar-refractivity contribution is 0.102. The molecule has 0 aliphatic heterocycles. The molecule has 0 radical (unpaired) electrons. The van der Waals surface area contributed by atoms with Gasteiger partial charge in [0.25, 0.3) is 5.91 Å². The highest BCUT2D eigenvalue weighted by Gasteiger charge is 2.15. The molecule has 0 saturated heterocycles. The van der Waals surface area contributed by atoms with Crippen LogP contribution in [0.1, 0.15) is 42.9 Å². The van der Waals surface area contributed by atoms with E-state index in [4.69, 9.17) is 4.74 Å². The van der Waals surface area contributed by atoms with E-state index in [0.717, 1.165) is 11.4 Å². The lowest BCUT2D eigenvalue weighted by Gasteiger charge is -2.09. The van der Waals surface area contributed by atoms with E-state index in [1.807, 2.05) is 45.0 Å². The molecule has 0 saturated carbocycles. The molecule has 0 aliphatic rings. The second kappa shape index (κ2) is 7.77. The Morgan fingerprint density at radius 3 is 2.69 bits per heavy atom. The zero-order valence-corrected chi connectivity index (χ0v) is 15.0. The predicted octanol–water partition coefficient (Wildman–Crippen LogP) is 3.64. The van der Waals surface area contributed by atoms with E-state index < -0.39 is 0 Å². The van der Waals surface area contributed by atoms with Crippen molar-refractivity contribution in [3.63, 3.8) is 0 Å². The highest BCUT2D eigenvalue weighted by atomic mass is 16.5. The first-order valence-corrected chi connectivity index (χ1v) is 8.50. The van der Waals surface area contributed by atoms with Gasteiger partial charge in [-0.1, -0.05) is 26.0 Å². The minimum Gasteiger partial charge on any atom is -0.478 e. The summed E-state index contributed by atoms with van der Waals surface area (Å²) in [6, 6.07) is 10.8. The average Bonchev–Trinajstić information content (AvgIpc) is 3.13. The maximum atomic E-state index is 12.5. The van der Waals surface area contributed by atoms with Gasteiger partial charge in [-0.3, -0.25) is 9.89 Å². The third kappa shape index (κ3) is 3.88. The number of ether oxygens (including phenoxy) is 1. The molecule has 134 valence electrons. The standard InChI is InChI=1S/C19H21N5O2/c1-4-26-16-10-9-13(11-20-16)19(25)21-15-8-6-5-7-14(15)18-22-17(12(2)3)23-24-18/h5-12H,4H2,1-3H3,(H,21,25)(H,22,23,24). The van der Waals surface area contributed by atoms with Crippen molar-refractivity contribution in [2.45, 2.75) is 26.7 Å². The molecule has 2 heterocycles. The fourth-order valence-electron chi connectivity index (χ4n) is 2.38. The highest BCUT2D eigenvalue weighted by Crippen LogP contribution is 2.26. The van der Waals surface area contributed by atoms with E-state index in [2.05, 4.69) is 25.5 Å². The van der Waals surface area contributed by atoms with Gasteiger partial charge in [0, 0.05) is 23.7 Å². The first-order valence-electron chi connectivity index (χ1n) is 8.50. The maximum Gasteiger partial charge on any atom is 0.257 e. The Hall–Kier alpha value is -3.22. The molecule has 1 amide bonds. The van der Waals surface area contributed by atoms with Gasteiger partial charge in [0.05, 0.1) is 17.9 Å². The number of para-hydroxylation sites is 1. The number of nitrogens with zero attached hydrogens (tertiary/aromatic N) is 3. The third-order valence-corrected chi connectivity index (χ3v) is 3.76. The number of H-pyrrole nitrogens is 1. The Labute approximate surface area is 151 Å². The zero-order chi connectivity index (χ0) is 18.5. The SMILES string of the molecule is CCOc1ccc(C(=O)Nc2ccccc2-c2n[nH]c(C(C)C)n2)cn1. The average molecular weight is 351 g/mol. The number of carbonyl (C=O) groups excluding carboxylic acids is 1. The minimum absolute atomic E-state index is 0.243. The number of aromatic amines is 1. The largest absolute Gasteiger partial charge is 0.478 e. The molecule has 2 aromatic heterocycles. The molecule has 0 aliphatic carbocycles. The van der Waals surface area contributed by atoms with Crippen LogP contribution >= 0.6 is 0 Å². The van der Waals surface area contributed by atoms with Crippen molar-refractivity contribution in [3.8, 4) is 17.3 Å². The molecule has 0 atom stereocenters. The van der Waals surface area contributed by atoms with E-state index in [1.165, 1.54) is 6.20 Å². The number of benzene rings is 1. The first kappa shape index (κ1) is 17.6. The molecule has 3 rings (SSSR count). The molecule has 0 fully saturated rings. The summed E-state index contributed by atoms with van der Waals surface area (Å²) in [4.78, 5) is 21.2. The molecular formula is C19H21N5O2. The number of hydrogen-bond acceptors (Lipinski definition) is 5. The molecule has 0 unspecified atom stereocenters. The number of anilines is 1. The van der Waals surface area contributed by atoms with Gasteiger partial charge in [-0.25, -0.2) is 9.97 Å². The monoisotopic (exact) mass is 351 g/mol. The van der Waals surface area contributed by atoms with Gasteiger partial charge in [0.1, 0.15) is 5.82 Å². The maximum absolute atomic E-state index is 12.5. The normalized spacial score (nSPS) is 10.8. The number of carbonyl (C=O) groups is 1. The molecule has 2 N–H and O–H groups in total. The second-order valence-corrected chi connectivity index (χ2v) is 6.02. The van der Waals surface area contributed by atoms with Crippen LogP contribution in [0.25, 0.3) is 11.4 Å². The summed E-state index contributed by atoms with van der Waals surface area (Å²) in [6.45, 7) is 6.49. The van der Waals surface area contributed by atoms with Crippen LogP contribution in [0.4, 0.5) is 5.69 Å². The number of aromatic nitrogens is 4. The van der Waals surface area contributed by atoms with Crippen LogP contribution in [0.2, 0.25) is 0 Å². The summed E-state index contributed by atoms with van der Waals surface area (Å²) in [5.74, 6) is 1.83. The minimum atomic E-state index is -0.257. The molecule has 3 aromatic rings. The van der Waals surface area contributed by atoms with Crippen LogP contribution in [-0.2, 0) is 0 Å². The highest BCUT2D eigenvalue weighted by molar-refractivity contribution is 6.05. The molecule has 26 heavy (non-hydrogen) atoms. The summed E-state index contributed by atoms with van der Waals surface area (Å²) in [5, 5.41) is 10.1. The number of hydrogen-bond donors (Lipinski definition) is 2. The summed E-state index contributed by atoms with van der Waals surface area (Å²) in [7, 11) is 0. The Morgan fingerprint density at radius 1 is 1.23 bits per heavy atom. The topological polar surface area (TPSA) is 92.8 Å². The fraction of sp³-hybridized carbons (Fsp3) is 0.263. The lowest BCUT2D eigenvalue weighted by Crippen LogP contribution is -2.13. The number of pyridine rings is 1. The lowest BCUT2D eigenvalue weighted by atomic mass is 10.1. The van der Waals surface area contributed by atoms with E-state index in [0.29, 0.717) is 29.6 Å². The molecular weight excluding hydrogens is 330 g/mol. The van der Waals surface area contributed by atoms with E-state index in [-0.39, 0.29) is 11.8 Å². The van der Waals surface area contributed by atoms with Gasteiger partial charge in [-0.15, -0.1) is 0 Å². The van der Waals surface area contributed by atoms with Crippen LogP contribution < -0.4 is 10.1 Å². The van der Waals surface area contributed by atoms with Crippen LogP contribution in [0, 0.1) is 0 Å². The van der Waals surface area contributed by atoms with Crippen molar-refractivity contribution < 1.29 is 9.53 Å². The molecule has 0 spiro atoms. The van der Waals surface area contributed by atoms with Crippen molar-refractivity contribution in [2.24, 2.45) is 0 Å². The third-order valence-electron chi connectivity index (χ3n) is 3.76.